The zero-order valence-electron chi connectivity index (χ0n) is 13.2. The van der Waals surface area contributed by atoms with Crippen molar-refractivity contribution in [3.05, 3.63) is 29.4 Å². The van der Waals surface area contributed by atoms with Gasteiger partial charge in [-0.25, -0.2) is 9.97 Å². The van der Waals surface area contributed by atoms with Crippen LogP contribution in [0.15, 0.2) is 10.5 Å². The molecule has 0 spiro atoms. The fourth-order valence-electron chi connectivity index (χ4n) is 2.53. The Morgan fingerprint density at radius 3 is 2.77 bits per heavy atom. The van der Waals surface area contributed by atoms with Crippen LogP contribution in [0.2, 0.25) is 0 Å². The fourth-order valence-corrected chi connectivity index (χ4v) is 2.53. The number of aromatic nitrogens is 4. The van der Waals surface area contributed by atoms with Crippen molar-refractivity contribution in [3.8, 4) is 0 Å². The minimum atomic E-state index is 0.365. The molecule has 1 aliphatic heterocycles. The van der Waals surface area contributed by atoms with E-state index in [2.05, 4.69) is 20.2 Å². The van der Waals surface area contributed by atoms with Crippen molar-refractivity contribution in [2.75, 3.05) is 25.2 Å². The van der Waals surface area contributed by atoms with Crippen molar-refractivity contribution in [2.24, 2.45) is 0 Å². The third-order valence-corrected chi connectivity index (χ3v) is 3.77. The summed E-state index contributed by atoms with van der Waals surface area (Å²) < 4.78 is 11.0. The second-order valence-electron chi connectivity index (χ2n) is 5.56. The number of ether oxygens (including phenoxy) is 1. The van der Waals surface area contributed by atoms with Crippen LogP contribution in [-0.2, 0) is 17.7 Å². The molecule has 7 nitrogen and oxygen atoms in total. The van der Waals surface area contributed by atoms with E-state index < -0.39 is 0 Å². The van der Waals surface area contributed by atoms with Crippen LogP contribution in [-0.4, -0.2) is 40.4 Å². The Balaban J connectivity index is 1.77. The van der Waals surface area contributed by atoms with Gasteiger partial charge < -0.3 is 14.1 Å². The van der Waals surface area contributed by atoms with Crippen molar-refractivity contribution >= 4 is 5.82 Å². The highest BCUT2D eigenvalue weighted by Crippen LogP contribution is 2.26. The summed E-state index contributed by atoms with van der Waals surface area (Å²) in [5.74, 6) is 3.26. The molecule has 0 amide bonds. The number of rotatable bonds is 5. The molecule has 118 valence electrons. The van der Waals surface area contributed by atoms with Gasteiger partial charge >= 0.3 is 0 Å². The molecule has 0 N–H and O–H groups in total. The first kappa shape index (κ1) is 14.9. The quantitative estimate of drug-likeness (QED) is 0.834. The highest BCUT2D eigenvalue weighted by Gasteiger charge is 2.21. The Labute approximate surface area is 129 Å². The topological polar surface area (TPSA) is 77.2 Å². The molecule has 2 aromatic rings. The van der Waals surface area contributed by atoms with Gasteiger partial charge in [0.25, 0.3) is 0 Å². The minimum absolute atomic E-state index is 0.365. The van der Waals surface area contributed by atoms with E-state index in [4.69, 9.17) is 9.15 Å². The molecule has 7 heteroatoms. The van der Waals surface area contributed by atoms with Crippen LogP contribution in [0.1, 0.15) is 42.6 Å². The number of anilines is 1. The molecule has 3 rings (SSSR count). The molecule has 0 aliphatic carbocycles. The summed E-state index contributed by atoms with van der Waals surface area (Å²) in [4.78, 5) is 11.1. The van der Waals surface area contributed by atoms with E-state index in [1.807, 2.05) is 31.9 Å². The maximum Gasteiger partial charge on any atom is 0.235 e. The highest BCUT2D eigenvalue weighted by molar-refractivity contribution is 5.39. The van der Waals surface area contributed by atoms with E-state index in [9.17, 15) is 0 Å². The van der Waals surface area contributed by atoms with Crippen molar-refractivity contribution < 1.29 is 9.15 Å². The largest absolute Gasteiger partial charge is 0.423 e. The normalized spacial score (nSPS) is 17.9. The molecule has 1 atom stereocenters. The van der Waals surface area contributed by atoms with E-state index in [0.717, 1.165) is 43.4 Å². The minimum Gasteiger partial charge on any atom is -0.423 e. The zero-order chi connectivity index (χ0) is 15.5. The Morgan fingerprint density at radius 1 is 1.27 bits per heavy atom. The molecular weight excluding hydrogens is 282 g/mol. The lowest BCUT2D eigenvalue weighted by Crippen LogP contribution is -2.19. The summed E-state index contributed by atoms with van der Waals surface area (Å²) in [7, 11) is 1.96. The molecule has 0 aromatic carbocycles. The summed E-state index contributed by atoms with van der Waals surface area (Å²) in [5, 5.41) is 8.04. The van der Waals surface area contributed by atoms with Crippen molar-refractivity contribution in [1.82, 2.24) is 20.2 Å². The molecule has 0 saturated carbocycles. The van der Waals surface area contributed by atoms with Crippen LogP contribution in [0, 0.1) is 6.92 Å². The molecule has 1 aliphatic rings. The lowest BCUT2D eigenvalue weighted by Gasteiger charge is -2.18. The smallest absolute Gasteiger partial charge is 0.235 e. The van der Waals surface area contributed by atoms with Crippen LogP contribution in [0.4, 0.5) is 5.82 Å². The van der Waals surface area contributed by atoms with Crippen LogP contribution in [0.25, 0.3) is 0 Å². The summed E-state index contributed by atoms with van der Waals surface area (Å²) in [6, 6.07) is 2.03. The van der Waals surface area contributed by atoms with Crippen molar-refractivity contribution in [3.63, 3.8) is 0 Å². The summed E-state index contributed by atoms with van der Waals surface area (Å²) in [6.07, 6.45) is 1.76. The molecule has 1 saturated heterocycles. The predicted octanol–water partition coefficient (Wildman–Crippen LogP) is 1.87. The summed E-state index contributed by atoms with van der Waals surface area (Å²) in [5.41, 5.74) is 1.05. The molecule has 22 heavy (non-hydrogen) atoms. The summed E-state index contributed by atoms with van der Waals surface area (Å²) in [6.45, 7) is 5.98. The first-order valence-corrected chi connectivity index (χ1v) is 7.61. The van der Waals surface area contributed by atoms with Gasteiger partial charge in [0.2, 0.25) is 11.8 Å². The van der Waals surface area contributed by atoms with Crippen molar-refractivity contribution in [1.29, 1.82) is 0 Å². The maximum atomic E-state index is 5.56. The molecule has 0 bridgehead atoms. The van der Waals surface area contributed by atoms with E-state index in [-0.39, 0.29) is 0 Å². The lowest BCUT2D eigenvalue weighted by atomic mass is 10.0. The van der Waals surface area contributed by atoms with E-state index in [0.29, 0.717) is 24.2 Å². The molecule has 0 unspecified atom stereocenters. The van der Waals surface area contributed by atoms with Gasteiger partial charge in [-0.15, -0.1) is 10.2 Å². The second-order valence-corrected chi connectivity index (χ2v) is 5.56. The van der Waals surface area contributed by atoms with Gasteiger partial charge in [-0.2, -0.15) is 0 Å². The second kappa shape index (κ2) is 6.39. The van der Waals surface area contributed by atoms with Gasteiger partial charge in [-0.3, -0.25) is 0 Å². The Hall–Kier alpha value is -2.02. The number of hydrogen-bond donors (Lipinski definition) is 0. The van der Waals surface area contributed by atoms with Crippen molar-refractivity contribution in [2.45, 2.75) is 39.2 Å². The monoisotopic (exact) mass is 303 g/mol. The van der Waals surface area contributed by atoms with Gasteiger partial charge in [0.1, 0.15) is 11.6 Å². The Bertz CT molecular complexity index is 637. The van der Waals surface area contributed by atoms with Gasteiger partial charge in [0.05, 0.1) is 18.8 Å². The zero-order valence-corrected chi connectivity index (χ0v) is 13.2. The third-order valence-electron chi connectivity index (χ3n) is 3.77. The Kier molecular flexibility index (Phi) is 4.33. The van der Waals surface area contributed by atoms with Crippen LogP contribution >= 0.6 is 0 Å². The van der Waals surface area contributed by atoms with Gasteiger partial charge in [-0.05, 0) is 13.3 Å². The number of hydrogen-bond acceptors (Lipinski definition) is 7. The molecule has 1 fully saturated rings. The average molecular weight is 303 g/mol. The van der Waals surface area contributed by atoms with E-state index in [1.54, 1.807) is 0 Å². The SMILES string of the molecule is CCc1nnc(CN(C)c2cc([C@H]3CCOC3)nc(C)n2)o1. The first-order chi connectivity index (χ1) is 10.7. The van der Waals surface area contributed by atoms with Gasteiger partial charge in [0, 0.05) is 32.1 Å². The maximum absolute atomic E-state index is 5.56. The van der Waals surface area contributed by atoms with E-state index >= 15 is 0 Å². The highest BCUT2D eigenvalue weighted by atomic mass is 16.5. The predicted molar refractivity (Wildman–Crippen MR) is 80.7 cm³/mol. The third kappa shape index (κ3) is 3.24. The number of aryl methyl sites for hydroxylation is 2. The summed E-state index contributed by atoms with van der Waals surface area (Å²) >= 11 is 0. The molecule has 2 aromatic heterocycles. The number of nitrogens with zero attached hydrogens (tertiary/aromatic N) is 5. The fraction of sp³-hybridized carbons (Fsp3) is 0.600. The van der Waals surface area contributed by atoms with Crippen LogP contribution in [0.3, 0.4) is 0 Å². The van der Waals surface area contributed by atoms with Gasteiger partial charge in [-0.1, -0.05) is 6.92 Å². The lowest BCUT2D eigenvalue weighted by molar-refractivity contribution is 0.193. The molecular formula is C15H21N5O2. The first-order valence-electron chi connectivity index (χ1n) is 7.61. The standard InChI is InChI=1S/C15H21N5O2/c1-4-14-18-19-15(22-14)8-20(3)13-7-12(16-10(2)17-13)11-5-6-21-9-11/h7,11H,4-6,8-9H2,1-3H3/t11-/m0/s1. The van der Waals surface area contributed by atoms with Crippen LogP contribution < -0.4 is 4.90 Å². The van der Waals surface area contributed by atoms with E-state index in [1.165, 1.54) is 0 Å². The average Bonchev–Trinajstić information content (AvgIpc) is 3.18. The molecule has 3 heterocycles. The molecule has 0 radical (unpaired) electrons. The van der Waals surface area contributed by atoms with Crippen LogP contribution in [0.5, 0.6) is 0 Å². The van der Waals surface area contributed by atoms with Gasteiger partial charge in [0.15, 0.2) is 0 Å². The Morgan fingerprint density at radius 2 is 2.09 bits per heavy atom.